The van der Waals surface area contributed by atoms with Crippen molar-refractivity contribution >= 4 is 28.9 Å². The van der Waals surface area contributed by atoms with Gasteiger partial charge in [0.1, 0.15) is 22.8 Å². The van der Waals surface area contributed by atoms with Crippen LogP contribution in [0.4, 0.5) is 5.69 Å². The number of hydrogen-bond donors (Lipinski definition) is 5. The molecule has 1 saturated carbocycles. The van der Waals surface area contributed by atoms with E-state index in [2.05, 4.69) is 0 Å². The summed E-state index contributed by atoms with van der Waals surface area (Å²) < 4.78 is 0. The number of carbonyl (C=O) groups excluding carboxylic acids is 3. The predicted octanol–water partition coefficient (Wildman–Crippen LogP) is -2.97. The molecular weight excluding hydrogens is 466 g/mol. The average Bonchev–Trinajstić information content (AvgIpc) is 2.70. The number of primary amides is 1. The zero-order valence-corrected chi connectivity index (χ0v) is 19.9. The predicted molar refractivity (Wildman–Crippen MR) is 119 cm³/mol. The van der Waals surface area contributed by atoms with Gasteiger partial charge in [0, 0.05) is 31.3 Å². The number of phenolic OH excluding ortho intramolecular Hbond substituents is 1. The standard InChI is InChI=1S/C23H27N3O7.ClH/c1-25(2)12-5-6-13(27)15-10(12)7-9-8-11-17(26(3)4)19(29)16(22(24)32)21(31)23(11,33)20(30)14(9)18(15)28;/h5-6,9,11,17,27-28,31,33H,7-8H2,1-4H3,(H2,24,32);1H/p-1/t9-,11-,17?,23+;/m1./s1. The maximum Gasteiger partial charge on any atom is 0.255 e. The monoisotopic (exact) mass is 492 g/mol. The Balaban J connectivity index is 0.00000324. The molecule has 0 radical (unpaired) electrons. The first kappa shape index (κ1) is 25.5. The van der Waals surface area contributed by atoms with E-state index in [1.807, 2.05) is 19.0 Å². The molecule has 34 heavy (non-hydrogen) atoms. The summed E-state index contributed by atoms with van der Waals surface area (Å²) >= 11 is 0. The Morgan fingerprint density at radius 1 is 1.12 bits per heavy atom. The van der Waals surface area contributed by atoms with Gasteiger partial charge in [-0.25, -0.2) is 0 Å². The molecule has 0 heterocycles. The van der Waals surface area contributed by atoms with Crippen molar-refractivity contribution in [2.45, 2.75) is 24.5 Å². The number of rotatable bonds is 3. The number of ketones is 2. The largest absolute Gasteiger partial charge is 1.00 e. The molecule has 1 fully saturated rings. The molecule has 0 aliphatic heterocycles. The zero-order chi connectivity index (χ0) is 24.6. The van der Waals surface area contributed by atoms with Gasteiger partial charge >= 0.3 is 0 Å². The van der Waals surface area contributed by atoms with Crippen LogP contribution in [0.3, 0.4) is 0 Å². The molecule has 4 atom stereocenters. The van der Waals surface area contributed by atoms with Crippen LogP contribution in [-0.4, -0.2) is 82.6 Å². The minimum absolute atomic E-state index is 0. The van der Waals surface area contributed by atoms with Gasteiger partial charge in [0.05, 0.1) is 11.6 Å². The van der Waals surface area contributed by atoms with E-state index in [4.69, 9.17) is 5.73 Å². The summed E-state index contributed by atoms with van der Waals surface area (Å²) in [5, 5.41) is 43.9. The quantitative estimate of drug-likeness (QED) is 0.277. The molecule has 11 heteroatoms. The number of aliphatic hydroxyl groups is 3. The summed E-state index contributed by atoms with van der Waals surface area (Å²) in [6.07, 6.45) is 0.324. The lowest BCUT2D eigenvalue weighted by Crippen LogP contribution is -3.00. The third-order valence-corrected chi connectivity index (χ3v) is 7.06. The van der Waals surface area contributed by atoms with E-state index < -0.39 is 58.0 Å². The SMILES string of the molecule is CN(C)c1ccc(O)c2c1C[C@@H]1C[C@@H]3C(N(C)C)C(=O)C(C(N)=O)=C(O)[C@@]3(O)C(=O)C1=C2O.[Cl-]. The molecule has 4 rings (SSSR count). The summed E-state index contributed by atoms with van der Waals surface area (Å²) in [5.74, 6) is -6.54. The maximum absolute atomic E-state index is 13.7. The number of aliphatic hydroxyl groups excluding tert-OH is 2. The van der Waals surface area contributed by atoms with Gasteiger partial charge in [0.15, 0.2) is 11.4 Å². The van der Waals surface area contributed by atoms with Gasteiger partial charge in [-0.15, -0.1) is 0 Å². The second-order valence-corrected chi connectivity index (χ2v) is 9.31. The lowest BCUT2D eigenvalue weighted by atomic mass is 9.57. The van der Waals surface area contributed by atoms with Crippen LogP contribution < -0.4 is 23.0 Å². The van der Waals surface area contributed by atoms with E-state index >= 15 is 0 Å². The van der Waals surface area contributed by atoms with Crippen molar-refractivity contribution in [3.63, 3.8) is 0 Å². The molecule has 1 amide bonds. The molecule has 3 aliphatic carbocycles. The normalized spacial score (nSPS) is 28.2. The number of Topliss-reactive ketones (excluding diaryl/α,β-unsaturated/α-hetero) is 2. The Labute approximate surface area is 202 Å². The van der Waals surface area contributed by atoms with Crippen molar-refractivity contribution in [1.29, 1.82) is 0 Å². The molecule has 0 saturated heterocycles. The second-order valence-electron chi connectivity index (χ2n) is 9.31. The average molecular weight is 493 g/mol. The number of nitrogens with zero attached hydrogens (tertiary/aromatic N) is 2. The Bertz CT molecular complexity index is 1170. The number of fused-ring (bicyclic) bond motifs is 3. The highest BCUT2D eigenvalue weighted by Gasteiger charge is 2.64. The van der Waals surface area contributed by atoms with Crippen LogP contribution in [0.25, 0.3) is 5.76 Å². The van der Waals surface area contributed by atoms with Crippen LogP contribution in [0.5, 0.6) is 5.75 Å². The van der Waals surface area contributed by atoms with Crippen LogP contribution in [0, 0.1) is 11.8 Å². The number of hydrogen-bond acceptors (Lipinski definition) is 9. The molecule has 10 nitrogen and oxygen atoms in total. The van der Waals surface area contributed by atoms with Gasteiger partial charge in [0.2, 0.25) is 5.78 Å². The van der Waals surface area contributed by atoms with E-state index in [-0.39, 0.29) is 42.1 Å². The molecule has 0 spiro atoms. The molecule has 1 aromatic carbocycles. The number of carbonyl (C=O) groups is 3. The van der Waals surface area contributed by atoms with Crippen molar-refractivity contribution in [2.24, 2.45) is 17.6 Å². The van der Waals surface area contributed by atoms with Crippen molar-refractivity contribution < 1.29 is 47.2 Å². The van der Waals surface area contributed by atoms with Crippen LogP contribution in [0.1, 0.15) is 17.5 Å². The Kier molecular flexibility index (Phi) is 6.23. The number of phenols is 1. The summed E-state index contributed by atoms with van der Waals surface area (Å²) in [5.41, 5.74) is 3.15. The van der Waals surface area contributed by atoms with Gasteiger partial charge in [-0.3, -0.25) is 19.3 Å². The van der Waals surface area contributed by atoms with E-state index in [1.165, 1.54) is 11.0 Å². The first-order valence-corrected chi connectivity index (χ1v) is 10.5. The number of likely N-dealkylation sites (N-methyl/N-ethyl adjacent to an activating group) is 1. The van der Waals surface area contributed by atoms with Crippen molar-refractivity contribution in [3.05, 3.63) is 40.2 Å². The lowest BCUT2D eigenvalue weighted by Gasteiger charge is -2.50. The van der Waals surface area contributed by atoms with Crippen molar-refractivity contribution in [1.82, 2.24) is 4.90 Å². The molecule has 3 aliphatic rings. The highest BCUT2D eigenvalue weighted by atomic mass is 35.5. The summed E-state index contributed by atoms with van der Waals surface area (Å²) in [6.45, 7) is 0. The van der Waals surface area contributed by atoms with Gasteiger partial charge < -0.3 is 43.5 Å². The highest BCUT2D eigenvalue weighted by molar-refractivity contribution is 6.24. The Hall–Kier alpha value is -3.08. The van der Waals surface area contributed by atoms with Crippen molar-refractivity contribution in [3.8, 4) is 5.75 Å². The van der Waals surface area contributed by atoms with E-state index in [0.717, 1.165) is 5.69 Å². The van der Waals surface area contributed by atoms with Crippen LogP contribution in [0.15, 0.2) is 29.0 Å². The lowest BCUT2D eigenvalue weighted by molar-refractivity contribution is -0.153. The fraction of sp³-hybridized carbons (Fsp3) is 0.435. The smallest absolute Gasteiger partial charge is 0.255 e. The topological polar surface area (TPSA) is 165 Å². The van der Waals surface area contributed by atoms with Gasteiger partial charge in [-0.1, -0.05) is 0 Å². The fourth-order valence-corrected chi connectivity index (χ4v) is 5.65. The molecule has 6 N–H and O–H groups in total. The summed E-state index contributed by atoms with van der Waals surface area (Å²) in [7, 11) is 6.75. The first-order valence-electron chi connectivity index (χ1n) is 10.5. The Morgan fingerprint density at radius 2 is 1.74 bits per heavy atom. The highest BCUT2D eigenvalue weighted by Crippen LogP contribution is 2.53. The first-order chi connectivity index (χ1) is 15.3. The fourth-order valence-electron chi connectivity index (χ4n) is 5.65. The second kappa shape index (κ2) is 8.30. The molecule has 1 aromatic rings. The van der Waals surface area contributed by atoms with Crippen LogP contribution in [-0.2, 0) is 20.8 Å². The van der Waals surface area contributed by atoms with E-state index in [0.29, 0.717) is 5.56 Å². The van der Waals surface area contributed by atoms with E-state index in [9.17, 15) is 34.8 Å². The van der Waals surface area contributed by atoms with Crippen LogP contribution in [0.2, 0.25) is 0 Å². The molecule has 0 aromatic heterocycles. The molecule has 1 unspecified atom stereocenters. The number of nitrogens with two attached hydrogens (primary N) is 1. The van der Waals surface area contributed by atoms with Gasteiger partial charge in [0.25, 0.3) is 5.91 Å². The van der Waals surface area contributed by atoms with Gasteiger partial charge in [-0.2, -0.15) is 0 Å². The van der Waals surface area contributed by atoms with Crippen LogP contribution >= 0.6 is 0 Å². The third-order valence-electron chi connectivity index (χ3n) is 7.06. The number of benzene rings is 1. The molecular formula is C23H27ClN3O7-. The minimum Gasteiger partial charge on any atom is -1.00 e. The number of halogens is 1. The molecule has 184 valence electrons. The summed E-state index contributed by atoms with van der Waals surface area (Å²) in [6, 6.07) is 2.01. The van der Waals surface area contributed by atoms with E-state index in [1.54, 1.807) is 20.2 Å². The number of anilines is 1. The van der Waals surface area contributed by atoms with Gasteiger partial charge in [-0.05, 0) is 50.6 Å². The van der Waals surface area contributed by atoms with Crippen molar-refractivity contribution in [2.75, 3.05) is 33.1 Å². The maximum atomic E-state index is 13.7. The third kappa shape index (κ3) is 3.20. The summed E-state index contributed by atoms with van der Waals surface area (Å²) in [4.78, 5) is 42.0. The molecule has 0 bridgehead atoms. The number of aromatic hydroxyl groups is 1. The Morgan fingerprint density at radius 3 is 2.26 bits per heavy atom. The minimum atomic E-state index is -2.63. The zero-order valence-electron chi connectivity index (χ0n) is 19.2. The number of amides is 1.